The lowest BCUT2D eigenvalue weighted by molar-refractivity contribution is -0.127. The van der Waals surface area contributed by atoms with Gasteiger partial charge in [0.15, 0.2) is 0 Å². The van der Waals surface area contributed by atoms with Crippen molar-refractivity contribution < 1.29 is 4.79 Å². The molecule has 2 saturated heterocycles. The topological polar surface area (TPSA) is 47.6 Å². The van der Waals surface area contributed by atoms with E-state index < -0.39 is 0 Å². The number of amides is 1. The highest BCUT2D eigenvalue weighted by molar-refractivity contribution is 5.78. The molecular formula is C20H24N4O. The average Bonchev–Trinajstić information content (AvgIpc) is 2.69. The zero-order chi connectivity index (χ0) is 17.1. The zero-order valence-electron chi connectivity index (χ0n) is 14.3. The van der Waals surface area contributed by atoms with Crippen molar-refractivity contribution in [2.75, 3.05) is 31.1 Å². The molecule has 5 nitrogen and oxygen atoms in total. The maximum atomic E-state index is 12.2. The van der Waals surface area contributed by atoms with E-state index in [9.17, 15) is 4.79 Å². The van der Waals surface area contributed by atoms with Crippen LogP contribution in [0.3, 0.4) is 0 Å². The van der Waals surface area contributed by atoms with Crippen LogP contribution in [0.15, 0.2) is 60.7 Å². The Hall–Kier alpha value is -2.37. The van der Waals surface area contributed by atoms with E-state index in [2.05, 4.69) is 56.8 Å². The van der Waals surface area contributed by atoms with Gasteiger partial charge in [0.1, 0.15) is 6.29 Å². The van der Waals surface area contributed by atoms with E-state index in [4.69, 9.17) is 0 Å². The molecule has 25 heavy (non-hydrogen) atoms. The van der Waals surface area contributed by atoms with E-state index in [0.29, 0.717) is 6.42 Å². The largest absolute Gasteiger partial charge is 0.369 e. The van der Waals surface area contributed by atoms with Gasteiger partial charge in [0.2, 0.25) is 5.91 Å². The first-order valence-electron chi connectivity index (χ1n) is 8.94. The van der Waals surface area contributed by atoms with Crippen LogP contribution in [-0.2, 0) is 4.79 Å². The Morgan fingerprint density at radius 2 is 1.48 bits per heavy atom. The SMILES string of the molecule is O=C1CC(c2ccccc2)NC(N2CCN(c3ccccc3)CC2)N1. The molecule has 2 fully saturated rings. The van der Waals surface area contributed by atoms with Crippen molar-refractivity contribution in [1.29, 1.82) is 0 Å². The summed E-state index contributed by atoms with van der Waals surface area (Å²) in [4.78, 5) is 16.9. The Morgan fingerprint density at radius 1 is 0.840 bits per heavy atom. The van der Waals surface area contributed by atoms with Crippen LogP contribution < -0.4 is 15.5 Å². The van der Waals surface area contributed by atoms with E-state index in [1.807, 2.05) is 24.3 Å². The zero-order valence-corrected chi connectivity index (χ0v) is 14.3. The van der Waals surface area contributed by atoms with Gasteiger partial charge in [-0.2, -0.15) is 0 Å². The van der Waals surface area contributed by atoms with Gasteiger partial charge >= 0.3 is 0 Å². The summed E-state index contributed by atoms with van der Waals surface area (Å²) in [6.45, 7) is 3.78. The number of hydrogen-bond acceptors (Lipinski definition) is 4. The van der Waals surface area contributed by atoms with Crippen molar-refractivity contribution in [3.8, 4) is 0 Å². The maximum absolute atomic E-state index is 12.2. The standard InChI is InChI=1S/C20H24N4O/c25-19-15-18(16-7-3-1-4-8-16)21-20(22-19)24-13-11-23(12-14-24)17-9-5-2-6-10-17/h1-10,18,20-21H,11-15H2,(H,22,25). The van der Waals surface area contributed by atoms with Gasteiger partial charge in [0.25, 0.3) is 0 Å². The Labute approximate surface area is 148 Å². The van der Waals surface area contributed by atoms with Gasteiger partial charge in [0, 0.05) is 44.3 Å². The number of carbonyl (C=O) groups is 1. The van der Waals surface area contributed by atoms with Crippen LogP contribution in [-0.4, -0.2) is 43.3 Å². The molecule has 0 spiro atoms. The molecule has 2 heterocycles. The van der Waals surface area contributed by atoms with Crippen molar-refractivity contribution in [3.05, 3.63) is 66.2 Å². The van der Waals surface area contributed by atoms with Gasteiger partial charge in [-0.1, -0.05) is 48.5 Å². The number of rotatable bonds is 3. The third kappa shape index (κ3) is 3.67. The maximum Gasteiger partial charge on any atom is 0.224 e. The highest BCUT2D eigenvalue weighted by Crippen LogP contribution is 2.22. The van der Waals surface area contributed by atoms with E-state index >= 15 is 0 Å². The molecule has 2 aliphatic rings. The molecule has 0 saturated carbocycles. The summed E-state index contributed by atoms with van der Waals surface area (Å²) in [7, 11) is 0. The molecule has 2 aliphatic heterocycles. The fraction of sp³-hybridized carbons (Fsp3) is 0.350. The molecule has 2 N–H and O–H groups in total. The lowest BCUT2D eigenvalue weighted by Crippen LogP contribution is -2.64. The molecule has 0 aromatic heterocycles. The van der Waals surface area contributed by atoms with Crippen LogP contribution in [0.4, 0.5) is 5.69 Å². The molecule has 5 heteroatoms. The van der Waals surface area contributed by atoms with Crippen LogP contribution in [0.2, 0.25) is 0 Å². The van der Waals surface area contributed by atoms with E-state index in [1.165, 1.54) is 11.3 Å². The number of para-hydroxylation sites is 1. The van der Waals surface area contributed by atoms with Crippen molar-refractivity contribution in [2.45, 2.75) is 18.8 Å². The average molecular weight is 336 g/mol. The first-order valence-corrected chi connectivity index (χ1v) is 8.94. The quantitative estimate of drug-likeness (QED) is 0.899. The van der Waals surface area contributed by atoms with Crippen molar-refractivity contribution in [3.63, 3.8) is 0 Å². The fourth-order valence-corrected chi connectivity index (χ4v) is 3.66. The second-order valence-electron chi connectivity index (χ2n) is 6.66. The Balaban J connectivity index is 1.40. The normalized spacial score (nSPS) is 24.8. The number of carbonyl (C=O) groups excluding carboxylic acids is 1. The van der Waals surface area contributed by atoms with Crippen LogP contribution in [0.25, 0.3) is 0 Å². The van der Waals surface area contributed by atoms with Gasteiger partial charge in [-0.05, 0) is 17.7 Å². The highest BCUT2D eigenvalue weighted by atomic mass is 16.2. The molecular weight excluding hydrogens is 312 g/mol. The van der Waals surface area contributed by atoms with Gasteiger partial charge in [-0.15, -0.1) is 0 Å². The smallest absolute Gasteiger partial charge is 0.224 e. The third-order valence-electron chi connectivity index (χ3n) is 5.05. The van der Waals surface area contributed by atoms with Crippen molar-refractivity contribution >= 4 is 11.6 Å². The predicted octanol–water partition coefficient (Wildman–Crippen LogP) is 1.94. The molecule has 0 aliphatic carbocycles. The number of piperazine rings is 1. The Kier molecular flexibility index (Phi) is 4.68. The lowest BCUT2D eigenvalue weighted by Gasteiger charge is -2.43. The summed E-state index contributed by atoms with van der Waals surface area (Å²) in [5.41, 5.74) is 2.44. The molecule has 0 bridgehead atoms. The summed E-state index contributed by atoms with van der Waals surface area (Å²) < 4.78 is 0. The Morgan fingerprint density at radius 3 is 2.16 bits per heavy atom. The molecule has 2 unspecified atom stereocenters. The lowest BCUT2D eigenvalue weighted by atomic mass is 10.0. The first-order chi connectivity index (χ1) is 12.3. The summed E-state index contributed by atoms with van der Waals surface area (Å²) >= 11 is 0. The van der Waals surface area contributed by atoms with E-state index in [1.54, 1.807) is 0 Å². The van der Waals surface area contributed by atoms with Crippen LogP contribution >= 0.6 is 0 Å². The number of nitrogens with zero attached hydrogens (tertiary/aromatic N) is 2. The van der Waals surface area contributed by atoms with Gasteiger partial charge < -0.3 is 10.2 Å². The van der Waals surface area contributed by atoms with E-state index in [-0.39, 0.29) is 18.2 Å². The minimum atomic E-state index is -0.0932. The second-order valence-corrected chi connectivity index (χ2v) is 6.66. The first kappa shape index (κ1) is 16.1. The molecule has 2 aromatic carbocycles. The summed E-state index contributed by atoms with van der Waals surface area (Å²) in [6, 6.07) is 20.8. The second kappa shape index (κ2) is 7.25. The van der Waals surface area contributed by atoms with Gasteiger partial charge in [-0.25, -0.2) is 0 Å². The number of benzene rings is 2. The number of anilines is 1. The van der Waals surface area contributed by atoms with Crippen molar-refractivity contribution in [2.24, 2.45) is 0 Å². The van der Waals surface area contributed by atoms with E-state index in [0.717, 1.165) is 26.2 Å². The molecule has 2 atom stereocenters. The summed E-state index contributed by atoms with van der Waals surface area (Å²) in [5, 5.41) is 6.70. The minimum absolute atomic E-state index is 0.0760. The van der Waals surface area contributed by atoms with Gasteiger partial charge in [-0.3, -0.25) is 15.0 Å². The highest BCUT2D eigenvalue weighted by Gasteiger charge is 2.32. The molecule has 130 valence electrons. The van der Waals surface area contributed by atoms with Gasteiger partial charge in [0.05, 0.1) is 0 Å². The molecule has 4 rings (SSSR count). The summed E-state index contributed by atoms with van der Waals surface area (Å²) in [5.74, 6) is 0.114. The molecule has 0 radical (unpaired) electrons. The molecule has 2 aromatic rings. The summed E-state index contributed by atoms with van der Waals surface area (Å²) in [6.07, 6.45) is 0.397. The fourth-order valence-electron chi connectivity index (χ4n) is 3.66. The number of nitrogens with one attached hydrogen (secondary N) is 2. The van der Waals surface area contributed by atoms with Crippen LogP contribution in [0.1, 0.15) is 18.0 Å². The third-order valence-corrected chi connectivity index (χ3v) is 5.05. The number of hydrogen-bond donors (Lipinski definition) is 2. The minimum Gasteiger partial charge on any atom is -0.369 e. The molecule has 1 amide bonds. The Bertz CT molecular complexity index is 698. The monoisotopic (exact) mass is 336 g/mol. The van der Waals surface area contributed by atoms with Crippen LogP contribution in [0.5, 0.6) is 0 Å². The predicted molar refractivity (Wildman–Crippen MR) is 99.1 cm³/mol. The van der Waals surface area contributed by atoms with Crippen molar-refractivity contribution in [1.82, 2.24) is 15.5 Å². The van der Waals surface area contributed by atoms with Crippen LogP contribution in [0, 0.1) is 0 Å².